The van der Waals surface area contributed by atoms with E-state index in [-0.39, 0.29) is 0 Å². The molecule has 2 heterocycles. The summed E-state index contributed by atoms with van der Waals surface area (Å²) < 4.78 is 0. The Morgan fingerprint density at radius 1 is 1.31 bits per heavy atom. The molecular weight excluding hydrogens is 196 g/mol. The number of nitrogens with zero attached hydrogens (tertiary/aromatic N) is 1. The lowest BCUT2D eigenvalue weighted by Crippen LogP contribution is -2.15. The van der Waals surface area contributed by atoms with Gasteiger partial charge in [-0.25, -0.2) is 0 Å². The molecule has 2 unspecified atom stereocenters. The van der Waals surface area contributed by atoms with Gasteiger partial charge < -0.3 is 5.32 Å². The van der Waals surface area contributed by atoms with Crippen LogP contribution in [0.1, 0.15) is 24.0 Å². The molecule has 0 radical (unpaired) electrons. The van der Waals surface area contributed by atoms with Crippen molar-refractivity contribution in [2.24, 2.45) is 11.8 Å². The number of aromatic nitrogens is 1. The molecule has 1 aliphatic carbocycles. The minimum Gasteiger partial charge on any atom is -0.316 e. The van der Waals surface area contributed by atoms with Crippen LogP contribution in [0.5, 0.6) is 0 Å². The fraction of sp³-hybridized carbons (Fsp3) is 0.500. The summed E-state index contributed by atoms with van der Waals surface area (Å²) in [5.41, 5.74) is 4.08. The molecule has 0 saturated carbocycles. The lowest BCUT2D eigenvalue weighted by Gasteiger charge is -2.23. The first-order valence-corrected chi connectivity index (χ1v) is 6.16. The molecule has 0 amide bonds. The van der Waals surface area contributed by atoms with Gasteiger partial charge in [0.25, 0.3) is 0 Å². The van der Waals surface area contributed by atoms with E-state index in [0.29, 0.717) is 0 Å². The quantitative estimate of drug-likeness (QED) is 0.776. The molecule has 0 bridgehead atoms. The molecule has 2 nitrogen and oxygen atoms in total. The summed E-state index contributed by atoms with van der Waals surface area (Å²) in [7, 11) is 0. The Kier molecular flexibility index (Phi) is 2.52. The number of hydrogen-bond acceptors (Lipinski definition) is 2. The van der Waals surface area contributed by atoms with Gasteiger partial charge in [0.05, 0.1) is 0 Å². The van der Waals surface area contributed by atoms with Crippen molar-refractivity contribution in [1.82, 2.24) is 10.3 Å². The van der Waals surface area contributed by atoms with Gasteiger partial charge in [0, 0.05) is 18.9 Å². The van der Waals surface area contributed by atoms with E-state index in [1.165, 1.54) is 36.1 Å². The van der Waals surface area contributed by atoms with Gasteiger partial charge in [0.1, 0.15) is 0 Å². The van der Waals surface area contributed by atoms with Crippen LogP contribution in [-0.2, 0) is 0 Å². The molecule has 1 aliphatic heterocycles. The summed E-state index contributed by atoms with van der Waals surface area (Å²) in [5.74, 6) is 1.63. The first-order chi connectivity index (χ1) is 7.83. The van der Waals surface area contributed by atoms with Crippen LogP contribution in [-0.4, -0.2) is 18.1 Å². The molecule has 2 aliphatic rings. The highest BCUT2D eigenvalue weighted by Gasteiger charge is 2.29. The number of fused-ring (bicyclic) bond motifs is 1. The van der Waals surface area contributed by atoms with Gasteiger partial charge in [-0.15, -0.1) is 0 Å². The van der Waals surface area contributed by atoms with E-state index in [9.17, 15) is 0 Å². The van der Waals surface area contributed by atoms with E-state index < -0.39 is 0 Å². The van der Waals surface area contributed by atoms with Crippen molar-refractivity contribution in [2.45, 2.75) is 19.8 Å². The predicted octanol–water partition coefficient (Wildman–Crippen LogP) is 2.40. The number of nitrogens with one attached hydrogen (secondary N) is 1. The second-order valence-electron chi connectivity index (χ2n) is 5.06. The molecule has 16 heavy (non-hydrogen) atoms. The minimum atomic E-state index is 0.754. The molecule has 2 atom stereocenters. The summed E-state index contributed by atoms with van der Waals surface area (Å²) in [4.78, 5) is 4.29. The van der Waals surface area contributed by atoms with Crippen LogP contribution < -0.4 is 5.32 Å². The Balaban J connectivity index is 1.90. The van der Waals surface area contributed by atoms with Crippen LogP contribution in [0.25, 0.3) is 5.57 Å². The largest absolute Gasteiger partial charge is 0.316 e. The van der Waals surface area contributed by atoms with Crippen molar-refractivity contribution in [1.29, 1.82) is 0 Å². The maximum atomic E-state index is 4.29. The molecule has 0 aromatic carbocycles. The second-order valence-corrected chi connectivity index (χ2v) is 5.06. The van der Waals surface area contributed by atoms with E-state index in [1.807, 2.05) is 12.4 Å². The van der Waals surface area contributed by atoms with Crippen molar-refractivity contribution in [3.8, 4) is 0 Å². The zero-order valence-electron chi connectivity index (χ0n) is 9.74. The number of rotatable bonds is 1. The van der Waals surface area contributed by atoms with Gasteiger partial charge in [-0.1, -0.05) is 6.08 Å². The molecule has 1 saturated heterocycles. The SMILES string of the molecule is Cc1cncc(C2=CC3CNCC3CC2)c1. The topological polar surface area (TPSA) is 24.9 Å². The van der Waals surface area contributed by atoms with E-state index in [4.69, 9.17) is 0 Å². The summed E-state index contributed by atoms with van der Waals surface area (Å²) in [6, 6.07) is 2.25. The Bertz CT molecular complexity index is 422. The molecule has 3 rings (SSSR count). The maximum Gasteiger partial charge on any atom is 0.0343 e. The van der Waals surface area contributed by atoms with Crippen molar-refractivity contribution in [3.63, 3.8) is 0 Å². The summed E-state index contributed by atoms with van der Waals surface area (Å²) in [6.07, 6.45) is 8.95. The van der Waals surface area contributed by atoms with E-state index in [0.717, 1.165) is 18.4 Å². The zero-order valence-corrected chi connectivity index (χ0v) is 9.74. The molecule has 0 spiro atoms. The van der Waals surface area contributed by atoms with Crippen molar-refractivity contribution < 1.29 is 0 Å². The highest BCUT2D eigenvalue weighted by Crippen LogP contribution is 2.35. The fourth-order valence-corrected chi connectivity index (χ4v) is 2.92. The average Bonchev–Trinajstić information content (AvgIpc) is 2.75. The smallest absolute Gasteiger partial charge is 0.0343 e. The zero-order chi connectivity index (χ0) is 11.0. The Morgan fingerprint density at radius 3 is 3.12 bits per heavy atom. The van der Waals surface area contributed by atoms with Crippen LogP contribution >= 0.6 is 0 Å². The van der Waals surface area contributed by atoms with Crippen LogP contribution in [0.3, 0.4) is 0 Å². The van der Waals surface area contributed by atoms with Gasteiger partial charge in [-0.05, 0) is 60.9 Å². The Hall–Kier alpha value is -1.15. The first-order valence-electron chi connectivity index (χ1n) is 6.16. The van der Waals surface area contributed by atoms with Gasteiger partial charge in [-0.2, -0.15) is 0 Å². The lowest BCUT2D eigenvalue weighted by molar-refractivity contribution is 0.448. The number of hydrogen-bond donors (Lipinski definition) is 1. The van der Waals surface area contributed by atoms with E-state index in [1.54, 1.807) is 0 Å². The third-order valence-corrected chi connectivity index (χ3v) is 3.84. The molecule has 1 fully saturated rings. The van der Waals surface area contributed by atoms with Crippen molar-refractivity contribution >= 4 is 5.57 Å². The predicted molar refractivity (Wildman–Crippen MR) is 66.0 cm³/mol. The highest BCUT2D eigenvalue weighted by atomic mass is 14.9. The average molecular weight is 214 g/mol. The minimum absolute atomic E-state index is 0.754. The van der Waals surface area contributed by atoms with Gasteiger partial charge >= 0.3 is 0 Å². The third-order valence-electron chi connectivity index (χ3n) is 3.84. The third kappa shape index (κ3) is 1.78. The van der Waals surface area contributed by atoms with E-state index >= 15 is 0 Å². The van der Waals surface area contributed by atoms with Crippen LogP contribution in [0.2, 0.25) is 0 Å². The van der Waals surface area contributed by atoms with Crippen molar-refractivity contribution in [3.05, 3.63) is 35.7 Å². The normalized spacial score (nSPS) is 28.7. The van der Waals surface area contributed by atoms with Gasteiger partial charge in [0.15, 0.2) is 0 Å². The highest BCUT2D eigenvalue weighted by molar-refractivity contribution is 5.66. The molecule has 1 aromatic heterocycles. The number of pyridine rings is 1. The summed E-state index contributed by atoms with van der Waals surface area (Å²) in [6.45, 7) is 4.48. The fourth-order valence-electron chi connectivity index (χ4n) is 2.92. The van der Waals surface area contributed by atoms with Gasteiger partial charge in [-0.3, -0.25) is 4.98 Å². The number of aryl methyl sites for hydroxylation is 1. The Labute approximate surface area is 96.8 Å². The lowest BCUT2D eigenvalue weighted by atomic mass is 9.81. The molecule has 1 N–H and O–H groups in total. The number of allylic oxidation sites excluding steroid dienone is 1. The van der Waals surface area contributed by atoms with Crippen LogP contribution in [0.4, 0.5) is 0 Å². The first kappa shape index (κ1) is 10.0. The van der Waals surface area contributed by atoms with E-state index in [2.05, 4.69) is 29.4 Å². The molecule has 1 aromatic rings. The second kappa shape index (κ2) is 4.02. The monoisotopic (exact) mass is 214 g/mol. The molecule has 2 heteroatoms. The summed E-state index contributed by atoms with van der Waals surface area (Å²) in [5, 5.41) is 3.49. The van der Waals surface area contributed by atoms with Gasteiger partial charge in [0.2, 0.25) is 0 Å². The Morgan fingerprint density at radius 2 is 2.25 bits per heavy atom. The molecule has 84 valence electrons. The van der Waals surface area contributed by atoms with Crippen molar-refractivity contribution in [2.75, 3.05) is 13.1 Å². The summed E-state index contributed by atoms with van der Waals surface area (Å²) >= 11 is 0. The van der Waals surface area contributed by atoms with Crippen LogP contribution in [0, 0.1) is 18.8 Å². The molecular formula is C14H18N2. The van der Waals surface area contributed by atoms with Crippen LogP contribution in [0.15, 0.2) is 24.5 Å². The maximum absolute atomic E-state index is 4.29. The standard InChI is InChI=1S/C14H18N2/c1-10-4-13(8-15-6-10)11-2-3-12-7-16-9-14(12)5-11/h4-6,8,12,14,16H,2-3,7,9H2,1H3.